The van der Waals surface area contributed by atoms with Crippen LogP contribution < -0.4 is 10.1 Å². The van der Waals surface area contributed by atoms with Gasteiger partial charge in [0.2, 0.25) is 0 Å². The standard InChI is InChI=1S/C12H17F2NO2/c1-2-10(16)8-15-7-9-5-3-4-6-11(9)17-12(13)14/h3-6,10,12,15-16H,2,7-8H2,1H3. The number of hydrogen-bond acceptors (Lipinski definition) is 3. The molecule has 0 radical (unpaired) electrons. The maximum Gasteiger partial charge on any atom is 0.387 e. The second-order valence-corrected chi connectivity index (χ2v) is 3.68. The first-order chi connectivity index (χ1) is 8.13. The van der Waals surface area contributed by atoms with Crippen LogP contribution in [0.25, 0.3) is 0 Å². The van der Waals surface area contributed by atoms with E-state index in [1.807, 2.05) is 6.92 Å². The van der Waals surface area contributed by atoms with Crippen molar-refractivity contribution in [3.63, 3.8) is 0 Å². The number of hydrogen-bond donors (Lipinski definition) is 2. The fourth-order valence-electron chi connectivity index (χ4n) is 1.38. The topological polar surface area (TPSA) is 41.5 Å². The number of halogens is 2. The molecule has 0 heterocycles. The molecule has 1 rings (SSSR count). The van der Waals surface area contributed by atoms with E-state index < -0.39 is 12.7 Å². The SMILES string of the molecule is CCC(O)CNCc1ccccc1OC(F)F. The highest BCUT2D eigenvalue weighted by Crippen LogP contribution is 2.19. The summed E-state index contributed by atoms with van der Waals surface area (Å²) in [6.07, 6.45) is 0.237. The Kier molecular flexibility index (Phi) is 5.86. The van der Waals surface area contributed by atoms with Gasteiger partial charge in [0.25, 0.3) is 0 Å². The molecule has 0 fully saturated rings. The van der Waals surface area contributed by atoms with Crippen molar-refractivity contribution in [2.24, 2.45) is 0 Å². The number of nitrogens with one attached hydrogen (secondary N) is 1. The smallest absolute Gasteiger partial charge is 0.387 e. The minimum absolute atomic E-state index is 0.168. The molecule has 0 bridgehead atoms. The summed E-state index contributed by atoms with van der Waals surface area (Å²) in [5.74, 6) is 0.168. The van der Waals surface area contributed by atoms with E-state index in [2.05, 4.69) is 10.1 Å². The van der Waals surface area contributed by atoms with Gasteiger partial charge in [-0.2, -0.15) is 8.78 Å². The fourth-order valence-corrected chi connectivity index (χ4v) is 1.38. The van der Waals surface area contributed by atoms with Gasteiger partial charge in [-0.05, 0) is 12.5 Å². The molecule has 17 heavy (non-hydrogen) atoms. The lowest BCUT2D eigenvalue weighted by Crippen LogP contribution is -2.26. The zero-order valence-corrected chi connectivity index (χ0v) is 9.70. The normalized spacial score (nSPS) is 12.8. The first kappa shape index (κ1) is 13.9. The molecule has 5 heteroatoms. The van der Waals surface area contributed by atoms with E-state index in [0.717, 1.165) is 0 Å². The number of rotatable bonds is 7. The molecule has 3 nitrogen and oxygen atoms in total. The lowest BCUT2D eigenvalue weighted by atomic mass is 10.2. The lowest BCUT2D eigenvalue weighted by Gasteiger charge is -2.12. The van der Waals surface area contributed by atoms with Gasteiger partial charge in [-0.15, -0.1) is 0 Å². The van der Waals surface area contributed by atoms with E-state index in [9.17, 15) is 13.9 Å². The third-order valence-corrected chi connectivity index (χ3v) is 2.36. The Balaban J connectivity index is 2.51. The largest absolute Gasteiger partial charge is 0.434 e. The maximum atomic E-state index is 12.1. The Morgan fingerprint density at radius 2 is 2.06 bits per heavy atom. The van der Waals surface area contributed by atoms with E-state index in [0.29, 0.717) is 25.1 Å². The summed E-state index contributed by atoms with van der Waals surface area (Å²) >= 11 is 0. The Labute approximate surface area is 99.4 Å². The van der Waals surface area contributed by atoms with Gasteiger partial charge in [-0.3, -0.25) is 0 Å². The molecule has 0 aliphatic rings. The first-order valence-electron chi connectivity index (χ1n) is 5.55. The van der Waals surface area contributed by atoms with E-state index in [1.165, 1.54) is 6.07 Å². The van der Waals surface area contributed by atoms with Gasteiger partial charge < -0.3 is 15.2 Å². The molecule has 1 aromatic carbocycles. The quantitative estimate of drug-likeness (QED) is 0.773. The Hall–Kier alpha value is -1.20. The predicted molar refractivity (Wildman–Crippen MR) is 61.1 cm³/mol. The van der Waals surface area contributed by atoms with Crippen LogP contribution in [0.4, 0.5) is 8.78 Å². The van der Waals surface area contributed by atoms with Crippen LogP contribution in [-0.4, -0.2) is 24.4 Å². The number of alkyl halides is 2. The van der Waals surface area contributed by atoms with Crippen LogP contribution in [-0.2, 0) is 6.54 Å². The van der Waals surface area contributed by atoms with Crippen molar-refractivity contribution in [2.75, 3.05) is 6.54 Å². The summed E-state index contributed by atoms with van der Waals surface area (Å²) < 4.78 is 28.6. The Bertz CT molecular complexity index is 334. The lowest BCUT2D eigenvalue weighted by molar-refractivity contribution is -0.0505. The molecular weight excluding hydrogens is 228 g/mol. The monoisotopic (exact) mass is 245 g/mol. The fraction of sp³-hybridized carbons (Fsp3) is 0.500. The van der Waals surface area contributed by atoms with E-state index in [-0.39, 0.29) is 5.75 Å². The van der Waals surface area contributed by atoms with Crippen molar-refractivity contribution in [3.05, 3.63) is 29.8 Å². The van der Waals surface area contributed by atoms with Crippen LogP contribution in [0.2, 0.25) is 0 Å². The third kappa shape index (κ3) is 5.10. The van der Waals surface area contributed by atoms with Crippen LogP contribution in [0, 0.1) is 0 Å². The van der Waals surface area contributed by atoms with E-state index in [4.69, 9.17) is 0 Å². The van der Waals surface area contributed by atoms with Crippen molar-refractivity contribution >= 4 is 0 Å². The summed E-state index contributed by atoms with van der Waals surface area (Å²) in [5, 5.41) is 12.3. The first-order valence-corrected chi connectivity index (χ1v) is 5.55. The Morgan fingerprint density at radius 3 is 2.71 bits per heavy atom. The van der Waals surface area contributed by atoms with Crippen LogP contribution >= 0.6 is 0 Å². The van der Waals surface area contributed by atoms with Crippen LogP contribution in [0.5, 0.6) is 5.75 Å². The van der Waals surface area contributed by atoms with Crippen molar-refractivity contribution in [1.82, 2.24) is 5.32 Å². The van der Waals surface area contributed by atoms with Crippen LogP contribution in [0.3, 0.4) is 0 Å². The molecule has 96 valence electrons. The zero-order valence-electron chi connectivity index (χ0n) is 9.70. The highest BCUT2D eigenvalue weighted by atomic mass is 19.3. The average Bonchev–Trinajstić information content (AvgIpc) is 2.30. The van der Waals surface area contributed by atoms with Crippen molar-refractivity contribution < 1.29 is 18.6 Å². The van der Waals surface area contributed by atoms with Crippen molar-refractivity contribution in [2.45, 2.75) is 32.6 Å². The summed E-state index contributed by atoms with van der Waals surface area (Å²) in [6.45, 7) is -0.128. The van der Waals surface area contributed by atoms with Crippen molar-refractivity contribution in [1.29, 1.82) is 0 Å². The molecule has 1 aromatic rings. The van der Waals surface area contributed by atoms with Gasteiger partial charge in [0.15, 0.2) is 0 Å². The van der Waals surface area contributed by atoms with Gasteiger partial charge in [0, 0.05) is 18.7 Å². The van der Waals surface area contributed by atoms with Crippen molar-refractivity contribution in [3.8, 4) is 5.75 Å². The molecule has 0 saturated heterocycles. The van der Waals surface area contributed by atoms with Crippen LogP contribution in [0.15, 0.2) is 24.3 Å². The number of para-hydroxylation sites is 1. The van der Waals surface area contributed by atoms with Crippen LogP contribution in [0.1, 0.15) is 18.9 Å². The molecule has 1 unspecified atom stereocenters. The number of benzene rings is 1. The predicted octanol–water partition coefficient (Wildman–Crippen LogP) is 2.15. The van der Waals surface area contributed by atoms with Gasteiger partial charge in [0.1, 0.15) is 5.75 Å². The minimum atomic E-state index is -2.82. The summed E-state index contributed by atoms with van der Waals surface area (Å²) in [6, 6.07) is 6.61. The molecular formula is C12H17F2NO2. The molecule has 0 aliphatic carbocycles. The summed E-state index contributed by atoms with van der Waals surface area (Å²) in [5.41, 5.74) is 0.649. The molecule has 2 N–H and O–H groups in total. The third-order valence-electron chi connectivity index (χ3n) is 2.36. The van der Waals surface area contributed by atoms with E-state index >= 15 is 0 Å². The number of ether oxygens (including phenoxy) is 1. The summed E-state index contributed by atoms with van der Waals surface area (Å²) in [7, 11) is 0. The van der Waals surface area contributed by atoms with Gasteiger partial charge in [-0.1, -0.05) is 25.1 Å². The van der Waals surface area contributed by atoms with E-state index in [1.54, 1.807) is 18.2 Å². The Morgan fingerprint density at radius 1 is 1.35 bits per heavy atom. The molecule has 0 saturated carbocycles. The summed E-state index contributed by atoms with van der Waals surface area (Å²) in [4.78, 5) is 0. The molecule has 0 aliphatic heterocycles. The molecule has 0 spiro atoms. The van der Waals surface area contributed by atoms with Gasteiger partial charge in [0.05, 0.1) is 6.10 Å². The van der Waals surface area contributed by atoms with Gasteiger partial charge >= 0.3 is 6.61 Å². The molecule has 0 amide bonds. The van der Waals surface area contributed by atoms with Gasteiger partial charge in [-0.25, -0.2) is 0 Å². The number of aliphatic hydroxyl groups excluding tert-OH is 1. The molecule has 1 atom stereocenters. The minimum Gasteiger partial charge on any atom is -0.434 e. The zero-order chi connectivity index (χ0) is 12.7. The average molecular weight is 245 g/mol. The maximum absolute atomic E-state index is 12.1. The second-order valence-electron chi connectivity index (χ2n) is 3.68. The second kappa shape index (κ2) is 7.19. The molecule has 0 aromatic heterocycles. The highest BCUT2D eigenvalue weighted by molar-refractivity contribution is 5.33. The number of aliphatic hydroxyl groups is 1. The highest BCUT2D eigenvalue weighted by Gasteiger charge is 2.09.